The van der Waals surface area contributed by atoms with Crippen molar-refractivity contribution in [3.63, 3.8) is 0 Å². The van der Waals surface area contributed by atoms with Gasteiger partial charge in [-0.2, -0.15) is 5.10 Å². The Morgan fingerprint density at radius 2 is 2.12 bits per heavy atom. The lowest BCUT2D eigenvalue weighted by atomic mass is 10.0. The van der Waals surface area contributed by atoms with E-state index in [0.717, 1.165) is 37.4 Å². The molecule has 0 aliphatic carbocycles. The van der Waals surface area contributed by atoms with E-state index >= 15 is 0 Å². The highest BCUT2D eigenvalue weighted by Crippen LogP contribution is 2.33. The minimum Gasteiger partial charge on any atom is -0.497 e. The fraction of sp³-hybridized carbons (Fsp3) is 0.500. The number of nitro groups is 1. The molecule has 1 aromatic heterocycles. The zero-order valence-corrected chi connectivity index (χ0v) is 15.4. The molecule has 0 bridgehead atoms. The molecule has 8 nitrogen and oxygen atoms in total. The number of rotatable bonds is 6. The van der Waals surface area contributed by atoms with Crippen molar-refractivity contribution >= 4 is 17.2 Å². The van der Waals surface area contributed by atoms with Crippen molar-refractivity contribution in [3.8, 4) is 5.75 Å². The molecule has 1 fully saturated rings. The van der Waals surface area contributed by atoms with Gasteiger partial charge in [0.25, 0.3) is 0 Å². The molecule has 0 unspecified atom stereocenters. The molecule has 0 spiro atoms. The maximum atomic E-state index is 11.5. The number of anilines is 2. The number of aromatic nitrogens is 2. The van der Waals surface area contributed by atoms with Crippen LogP contribution in [0.5, 0.6) is 5.75 Å². The second kappa shape index (κ2) is 7.63. The standard InChI is InChI=1S/C18H25N5O3/c1-4-16-17(23(24)25)18(21(2)20-16)22-10-8-13(9-11-22)19-14-6-5-7-15(12-14)26-3/h5-7,12-13,19H,4,8-11H2,1-3H3. The van der Waals surface area contributed by atoms with Gasteiger partial charge < -0.3 is 15.0 Å². The summed E-state index contributed by atoms with van der Waals surface area (Å²) in [6, 6.07) is 8.21. The lowest BCUT2D eigenvalue weighted by Crippen LogP contribution is -2.40. The molecular formula is C18H25N5O3. The Hall–Kier alpha value is -2.77. The number of aryl methyl sites for hydroxylation is 2. The van der Waals surface area contributed by atoms with Gasteiger partial charge in [0.2, 0.25) is 5.82 Å². The number of hydrogen-bond acceptors (Lipinski definition) is 6. The zero-order valence-electron chi connectivity index (χ0n) is 15.4. The Kier molecular flexibility index (Phi) is 5.29. The molecule has 1 saturated heterocycles. The van der Waals surface area contributed by atoms with Crippen LogP contribution >= 0.6 is 0 Å². The van der Waals surface area contributed by atoms with E-state index in [1.54, 1.807) is 18.8 Å². The van der Waals surface area contributed by atoms with E-state index in [2.05, 4.69) is 15.3 Å². The van der Waals surface area contributed by atoms with E-state index in [9.17, 15) is 10.1 Å². The minimum absolute atomic E-state index is 0.147. The van der Waals surface area contributed by atoms with Gasteiger partial charge in [-0.15, -0.1) is 0 Å². The lowest BCUT2D eigenvalue weighted by molar-refractivity contribution is -0.384. The Bertz CT molecular complexity index is 781. The third-order valence-corrected chi connectivity index (χ3v) is 4.81. The van der Waals surface area contributed by atoms with E-state index < -0.39 is 0 Å². The first-order valence-electron chi connectivity index (χ1n) is 8.89. The van der Waals surface area contributed by atoms with Crippen molar-refractivity contribution in [3.05, 3.63) is 40.1 Å². The summed E-state index contributed by atoms with van der Waals surface area (Å²) >= 11 is 0. The van der Waals surface area contributed by atoms with E-state index in [1.807, 2.05) is 31.2 Å². The fourth-order valence-electron chi connectivity index (χ4n) is 3.52. The highest BCUT2D eigenvalue weighted by Gasteiger charge is 2.31. The number of piperidine rings is 1. The Morgan fingerprint density at radius 3 is 2.73 bits per heavy atom. The van der Waals surface area contributed by atoms with Crippen molar-refractivity contribution in [2.45, 2.75) is 32.2 Å². The summed E-state index contributed by atoms with van der Waals surface area (Å²) in [4.78, 5) is 13.3. The molecule has 26 heavy (non-hydrogen) atoms. The normalized spacial score (nSPS) is 15.1. The monoisotopic (exact) mass is 359 g/mol. The van der Waals surface area contributed by atoms with E-state index in [1.165, 1.54) is 0 Å². The Balaban J connectivity index is 1.69. The largest absolute Gasteiger partial charge is 0.497 e. The fourth-order valence-corrected chi connectivity index (χ4v) is 3.52. The topological polar surface area (TPSA) is 85.5 Å². The predicted molar refractivity (Wildman–Crippen MR) is 101 cm³/mol. The van der Waals surface area contributed by atoms with E-state index in [0.29, 0.717) is 24.0 Å². The van der Waals surface area contributed by atoms with Crippen LogP contribution in [0.15, 0.2) is 24.3 Å². The molecule has 2 heterocycles. The molecule has 0 amide bonds. The zero-order chi connectivity index (χ0) is 18.7. The van der Waals surface area contributed by atoms with Crippen LogP contribution < -0.4 is 15.0 Å². The molecule has 1 aliphatic rings. The van der Waals surface area contributed by atoms with E-state index in [4.69, 9.17) is 4.74 Å². The number of ether oxygens (including phenoxy) is 1. The summed E-state index contributed by atoms with van der Waals surface area (Å²) in [5, 5.41) is 19.4. The van der Waals surface area contributed by atoms with Crippen LogP contribution in [0.1, 0.15) is 25.5 Å². The second-order valence-corrected chi connectivity index (χ2v) is 6.49. The van der Waals surface area contributed by atoms with Crippen LogP contribution in [0.25, 0.3) is 0 Å². The minimum atomic E-state index is -0.304. The average molecular weight is 359 g/mol. The highest BCUT2D eigenvalue weighted by molar-refractivity contribution is 5.62. The van der Waals surface area contributed by atoms with Gasteiger partial charge in [0.15, 0.2) is 0 Å². The van der Waals surface area contributed by atoms with Crippen molar-refractivity contribution in [2.24, 2.45) is 7.05 Å². The van der Waals surface area contributed by atoms with Crippen LogP contribution in [-0.2, 0) is 13.5 Å². The van der Waals surface area contributed by atoms with Gasteiger partial charge in [0.05, 0.1) is 12.0 Å². The van der Waals surface area contributed by atoms with Crippen molar-refractivity contribution in [1.29, 1.82) is 0 Å². The van der Waals surface area contributed by atoms with Gasteiger partial charge in [-0.25, -0.2) is 4.68 Å². The van der Waals surface area contributed by atoms with E-state index in [-0.39, 0.29) is 10.6 Å². The molecule has 1 aromatic carbocycles. The Labute approximate surface area is 152 Å². The van der Waals surface area contributed by atoms with Gasteiger partial charge >= 0.3 is 5.69 Å². The van der Waals surface area contributed by atoms with Crippen LogP contribution in [0.3, 0.4) is 0 Å². The molecule has 0 atom stereocenters. The summed E-state index contributed by atoms with van der Waals surface area (Å²) in [5.74, 6) is 1.44. The van der Waals surface area contributed by atoms with Crippen molar-refractivity contribution < 1.29 is 9.66 Å². The summed E-state index contributed by atoms with van der Waals surface area (Å²) in [7, 11) is 3.44. The van der Waals surface area contributed by atoms with Gasteiger partial charge in [0.1, 0.15) is 11.4 Å². The van der Waals surface area contributed by atoms with Crippen molar-refractivity contribution in [2.75, 3.05) is 30.4 Å². The first-order valence-corrected chi connectivity index (χ1v) is 8.89. The number of nitrogens with zero attached hydrogens (tertiary/aromatic N) is 4. The number of benzene rings is 1. The van der Waals surface area contributed by atoms with Gasteiger partial charge in [-0.3, -0.25) is 10.1 Å². The molecule has 3 rings (SSSR count). The summed E-state index contributed by atoms with van der Waals surface area (Å²) in [6.07, 6.45) is 2.36. The Morgan fingerprint density at radius 1 is 1.38 bits per heavy atom. The molecule has 1 N–H and O–H groups in total. The second-order valence-electron chi connectivity index (χ2n) is 6.49. The molecule has 1 aliphatic heterocycles. The number of hydrogen-bond donors (Lipinski definition) is 1. The van der Waals surface area contributed by atoms with Gasteiger partial charge in [0, 0.05) is 37.9 Å². The summed E-state index contributed by atoms with van der Waals surface area (Å²) < 4.78 is 6.90. The highest BCUT2D eigenvalue weighted by atomic mass is 16.6. The third kappa shape index (κ3) is 3.58. The number of nitrogens with one attached hydrogen (secondary N) is 1. The number of methoxy groups -OCH3 is 1. The third-order valence-electron chi connectivity index (χ3n) is 4.81. The maximum absolute atomic E-state index is 11.5. The maximum Gasteiger partial charge on any atom is 0.334 e. The summed E-state index contributed by atoms with van der Waals surface area (Å²) in [5.41, 5.74) is 1.72. The molecule has 0 radical (unpaired) electrons. The average Bonchev–Trinajstić information content (AvgIpc) is 2.99. The van der Waals surface area contributed by atoms with Crippen molar-refractivity contribution in [1.82, 2.24) is 9.78 Å². The van der Waals surface area contributed by atoms with Crippen LogP contribution in [0, 0.1) is 10.1 Å². The molecule has 8 heteroatoms. The van der Waals surface area contributed by atoms with Crippen LogP contribution in [0.2, 0.25) is 0 Å². The first kappa shape index (κ1) is 18.0. The molecule has 0 saturated carbocycles. The van der Waals surface area contributed by atoms with Crippen LogP contribution in [0.4, 0.5) is 17.2 Å². The SMILES string of the molecule is CCc1nn(C)c(N2CCC(Nc3cccc(OC)c3)CC2)c1[N+](=O)[O-]. The smallest absolute Gasteiger partial charge is 0.334 e. The summed E-state index contributed by atoms with van der Waals surface area (Å²) in [6.45, 7) is 3.40. The molecule has 2 aromatic rings. The van der Waals surface area contributed by atoms with Gasteiger partial charge in [-0.1, -0.05) is 13.0 Å². The lowest BCUT2D eigenvalue weighted by Gasteiger charge is -2.33. The quantitative estimate of drug-likeness (QED) is 0.630. The molecule has 140 valence electrons. The predicted octanol–water partition coefficient (Wildman–Crippen LogP) is 2.98. The van der Waals surface area contributed by atoms with Crippen LogP contribution in [-0.4, -0.2) is 40.9 Å². The van der Waals surface area contributed by atoms with Gasteiger partial charge in [-0.05, 0) is 31.4 Å². The molecular weight excluding hydrogens is 334 g/mol. The first-order chi connectivity index (χ1) is 12.5.